The summed E-state index contributed by atoms with van der Waals surface area (Å²) >= 11 is 4.58. The maximum Gasteiger partial charge on any atom is 0.313 e. The molecule has 8 heteroatoms. The van der Waals surface area contributed by atoms with Crippen molar-refractivity contribution in [3.05, 3.63) is 17.5 Å². The summed E-state index contributed by atoms with van der Waals surface area (Å²) < 4.78 is 2.04. The summed E-state index contributed by atoms with van der Waals surface area (Å²) in [6.45, 7) is 5.04. The van der Waals surface area contributed by atoms with Crippen LogP contribution in [0.4, 0.5) is 0 Å². The second-order valence-electron chi connectivity index (χ2n) is 5.02. The van der Waals surface area contributed by atoms with Crippen LogP contribution in [0.3, 0.4) is 0 Å². The van der Waals surface area contributed by atoms with Crippen molar-refractivity contribution in [2.45, 2.75) is 30.3 Å². The third-order valence-electron chi connectivity index (χ3n) is 2.87. The summed E-state index contributed by atoms with van der Waals surface area (Å²) in [5, 5.41) is 19.9. The van der Waals surface area contributed by atoms with E-state index in [4.69, 9.17) is 5.11 Å². The number of rotatable bonds is 7. The quantitative estimate of drug-likeness (QED) is 0.778. The van der Waals surface area contributed by atoms with E-state index < -0.39 is 5.97 Å². The van der Waals surface area contributed by atoms with Gasteiger partial charge in [0.15, 0.2) is 11.0 Å². The molecule has 0 bridgehead atoms. The Morgan fingerprint density at radius 1 is 1.48 bits per heavy atom. The van der Waals surface area contributed by atoms with Gasteiger partial charge in [-0.3, -0.25) is 9.36 Å². The van der Waals surface area contributed by atoms with Gasteiger partial charge in [-0.2, -0.15) is 11.8 Å². The molecule has 0 saturated heterocycles. The highest BCUT2D eigenvalue weighted by Crippen LogP contribution is 2.31. The van der Waals surface area contributed by atoms with Gasteiger partial charge in [0.05, 0.1) is 10.6 Å². The molecular weight excluding hydrogens is 326 g/mol. The zero-order valence-electron chi connectivity index (χ0n) is 12.1. The van der Waals surface area contributed by atoms with E-state index in [1.165, 1.54) is 11.8 Å². The Morgan fingerprint density at radius 2 is 2.24 bits per heavy atom. The standard InChI is InChI=1S/C13H17N3O2S3/c1-13(2,19-3)8-16-11(9-5-4-6-20-9)14-15-12(16)21-7-10(17)18/h4-6H,7-8H2,1-3H3,(H,17,18). The molecule has 2 aromatic rings. The normalized spacial score (nSPS) is 11.8. The molecule has 0 radical (unpaired) electrons. The fourth-order valence-corrected chi connectivity index (χ4v) is 3.33. The van der Waals surface area contributed by atoms with Gasteiger partial charge in [0.25, 0.3) is 0 Å². The van der Waals surface area contributed by atoms with Crippen LogP contribution in [0.15, 0.2) is 22.7 Å². The summed E-state index contributed by atoms with van der Waals surface area (Å²) in [4.78, 5) is 11.8. The van der Waals surface area contributed by atoms with E-state index >= 15 is 0 Å². The van der Waals surface area contributed by atoms with Gasteiger partial charge in [0, 0.05) is 11.3 Å². The van der Waals surface area contributed by atoms with Crippen LogP contribution in [0.1, 0.15) is 13.8 Å². The van der Waals surface area contributed by atoms with E-state index in [-0.39, 0.29) is 10.5 Å². The molecule has 0 aromatic carbocycles. The number of aliphatic carboxylic acids is 1. The minimum Gasteiger partial charge on any atom is -0.481 e. The van der Waals surface area contributed by atoms with Gasteiger partial charge in [-0.25, -0.2) is 0 Å². The van der Waals surface area contributed by atoms with E-state index in [2.05, 4.69) is 30.3 Å². The summed E-state index contributed by atoms with van der Waals surface area (Å²) in [5.74, 6) is -0.0567. The van der Waals surface area contributed by atoms with Crippen LogP contribution in [-0.4, -0.2) is 42.6 Å². The van der Waals surface area contributed by atoms with Gasteiger partial charge >= 0.3 is 5.97 Å². The van der Waals surface area contributed by atoms with E-state index in [9.17, 15) is 4.79 Å². The number of thioether (sulfide) groups is 2. The summed E-state index contributed by atoms with van der Waals surface area (Å²) in [5.41, 5.74) is 0. The van der Waals surface area contributed by atoms with Crippen molar-refractivity contribution in [3.8, 4) is 10.7 Å². The first kappa shape index (κ1) is 16.4. The predicted octanol–water partition coefficient (Wildman–Crippen LogP) is 3.32. The molecule has 2 aromatic heterocycles. The number of carboxylic acid groups (broad SMARTS) is 1. The lowest BCUT2D eigenvalue weighted by Gasteiger charge is -2.24. The molecular formula is C13H17N3O2S3. The van der Waals surface area contributed by atoms with Gasteiger partial charge in [-0.05, 0) is 31.5 Å². The largest absolute Gasteiger partial charge is 0.481 e. The van der Waals surface area contributed by atoms with E-state index in [0.717, 1.165) is 17.2 Å². The maximum atomic E-state index is 10.8. The third kappa shape index (κ3) is 4.24. The van der Waals surface area contributed by atoms with Crippen LogP contribution in [-0.2, 0) is 11.3 Å². The highest BCUT2D eigenvalue weighted by Gasteiger charge is 2.23. The van der Waals surface area contributed by atoms with E-state index in [0.29, 0.717) is 5.16 Å². The molecule has 2 rings (SSSR count). The average Bonchev–Trinajstić information content (AvgIpc) is 3.05. The molecule has 1 N–H and O–H groups in total. The van der Waals surface area contributed by atoms with Crippen LogP contribution in [0, 0.1) is 0 Å². The van der Waals surface area contributed by atoms with E-state index in [1.807, 2.05) is 22.1 Å². The van der Waals surface area contributed by atoms with Gasteiger partial charge in [-0.1, -0.05) is 17.8 Å². The predicted molar refractivity (Wildman–Crippen MR) is 89.3 cm³/mol. The monoisotopic (exact) mass is 343 g/mol. The fourth-order valence-electron chi connectivity index (χ4n) is 1.70. The van der Waals surface area contributed by atoms with Crippen LogP contribution in [0.25, 0.3) is 10.7 Å². The number of carboxylic acids is 1. The van der Waals surface area contributed by atoms with Crippen molar-refractivity contribution in [1.82, 2.24) is 14.8 Å². The Balaban J connectivity index is 2.35. The minimum absolute atomic E-state index is 0.0116. The van der Waals surface area contributed by atoms with Gasteiger partial charge in [-0.15, -0.1) is 21.5 Å². The molecule has 114 valence electrons. The van der Waals surface area contributed by atoms with Crippen LogP contribution in [0.2, 0.25) is 0 Å². The van der Waals surface area contributed by atoms with Crippen molar-refractivity contribution >= 4 is 40.8 Å². The Labute approximate surface area is 136 Å². The first-order valence-electron chi connectivity index (χ1n) is 6.30. The number of nitrogens with zero attached hydrogens (tertiary/aromatic N) is 3. The average molecular weight is 343 g/mol. The van der Waals surface area contributed by atoms with Crippen LogP contribution in [0.5, 0.6) is 0 Å². The van der Waals surface area contributed by atoms with Gasteiger partial charge in [0.1, 0.15) is 0 Å². The fraction of sp³-hybridized carbons (Fsp3) is 0.462. The molecule has 5 nitrogen and oxygen atoms in total. The molecule has 0 fully saturated rings. The van der Waals surface area contributed by atoms with Gasteiger partial charge < -0.3 is 5.11 Å². The Hall–Kier alpha value is -0.990. The van der Waals surface area contributed by atoms with Crippen molar-refractivity contribution in [2.75, 3.05) is 12.0 Å². The molecule has 0 aliphatic heterocycles. The molecule has 2 heterocycles. The van der Waals surface area contributed by atoms with Gasteiger partial charge in [0.2, 0.25) is 0 Å². The lowest BCUT2D eigenvalue weighted by molar-refractivity contribution is -0.133. The van der Waals surface area contributed by atoms with Crippen molar-refractivity contribution in [1.29, 1.82) is 0 Å². The second kappa shape index (κ2) is 6.85. The van der Waals surface area contributed by atoms with Crippen LogP contribution >= 0.6 is 34.9 Å². The van der Waals surface area contributed by atoms with Crippen molar-refractivity contribution < 1.29 is 9.90 Å². The second-order valence-corrected chi connectivity index (χ2v) is 8.42. The molecule has 0 unspecified atom stereocenters. The zero-order valence-corrected chi connectivity index (χ0v) is 14.5. The lowest BCUT2D eigenvalue weighted by Crippen LogP contribution is -2.23. The number of carbonyl (C=O) groups is 1. The number of hydrogen-bond donors (Lipinski definition) is 1. The lowest BCUT2D eigenvalue weighted by atomic mass is 10.2. The molecule has 0 atom stereocenters. The SMILES string of the molecule is CSC(C)(C)Cn1c(SCC(=O)O)nnc1-c1cccs1. The Bertz CT molecular complexity index is 608. The molecule has 0 amide bonds. The highest BCUT2D eigenvalue weighted by atomic mass is 32.2. The Morgan fingerprint density at radius 3 is 2.81 bits per heavy atom. The zero-order chi connectivity index (χ0) is 15.5. The number of aromatic nitrogens is 3. The molecule has 0 saturated carbocycles. The summed E-state index contributed by atoms with van der Waals surface area (Å²) in [6.07, 6.45) is 2.07. The third-order valence-corrected chi connectivity index (χ3v) is 5.93. The highest BCUT2D eigenvalue weighted by molar-refractivity contribution is 8.00. The number of thiophene rings is 1. The molecule has 0 aliphatic rings. The smallest absolute Gasteiger partial charge is 0.313 e. The molecule has 0 spiro atoms. The van der Waals surface area contributed by atoms with Crippen molar-refractivity contribution in [3.63, 3.8) is 0 Å². The van der Waals surface area contributed by atoms with E-state index in [1.54, 1.807) is 23.1 Å². The minimum atomic E-state index is -0.851. The van der Waals surface area contributed by atoms with Crippen LogP contribution < -0.4 is 0 Å². The molecule has 0 aliphatic carbocycles. The first-order valence-corrected chi connectivity index (χ1v) is 9.39. The summed E-state index contributed by atoms with van der Waals surface area (Å²) in [7, 11) is 0. The summed E-state index contributed by atoms with van der Waals surface area (Å²) in [6, 6.07) is 3.98. The number of hydrogen-bond acceptors (Lipinski definition) is 6. The topological polar surface area (TPSA) is 68.0 Å². The maximum absolute atomic E-state index is 10.8. The molecule has 21 heavy (non-hydrogen) atoms. The first-order chi connectivity index (χ1) is 9.93. The van der Waals surface area contributed by atoms with Crippen molar-refractivity contribution in [2.24, 2.45) is 0 Å². The Kier molecular flexibility index (Phi) is 5.34.